The van der Waals surface area contributed by atoms with E-state index in [1.165, 1.54) is 49.8 Å². The standard InChI is InChI=1S/C24H40N2O/c1-15(2)17-11-12-25-22-20(17)24(5,16-9-7-6-8-10-16)21-18(26-22)13-23(3,4)14-19(21)27/h15-17,20,22,25-26H,6-14H2,1-5H3/t17?,20?,22?,24-/m0/s1. The quantitative estimate of drug-likeness (QED) is 0.714. The van der Waals surface area contributed by atoms with E-state index in [1.54, 1.807) is 0 Å². The molecule has 1 saturated heterocycles. The maximum atomic E-state index is 13.5. The molecule has 2 N–H and O–H groups in total. The lowest BCUT2D eigenvalue weighted by Gasteiger charge is -2.59. The molecule has 2 fully saturated rings. The van der Waals surface area contributed by atoms with Crippen LogP contribution in [0.3, 0.4) is 0 Å². The Morgan fingerprint density at radius 1 is 1.00 bits per heavy atom. The van der Waals surface area contributed by atoms with Gasteiger partial charge in [0.25, 0.3) is 0 Å². The molecular weight excluding hydrogens is 332 g/mol. The minimum absolute atomic E-state index is 0.0294. The lowest BCUT2D eigenvalue weighted by molar-refractivity contribution is -0.123. The van der Waals surface area contributed by atoms with Crippen molar-refractivity contribution < 1.29 is 4.79 Å². The molecule has 1 saturated carbocycles. The Kier molecular flexibility index (Phi) is 4.98. The predicted molar refractivity (Wildman–Crippen MR) is 111 cm³/mol. The van der Waals surface area contributed by atoms with Gasteiger partial charge in [-0.2, -0.15) is 0 Å². The van der Waals surface area contributed by atoms with Crippen LogP contribution in [0.1, 0.15) is 86.0 Å². The summed E-state index contributed by atoms with van der Waals surface area (Å²) in [6.45, 7) is 12.9. The molecule has 3 unspecified atom stereocenters. The summed E-state index contributed by atoms with van der Waals surface area (Å²) in [7, 11) is 0. The van der Waals surface area contributed by atoms with E-state index < -0.39 is 0 Å². The molecule has 4 atom stereocenters. The molecule has 0 aromatic heterocycles. The fourth-order valence-electron chi connectivity index (χ4n) is 7.24. The van der Waals surface area contributed by atoms with E-state index in [-0.39, 0.29) is 10.8 Å². The minimum Gasteiger partial charge on any atom is -0.373 e. The first-order valence-corrected chi connectivity index (χ1v) is 11.5. The van der Waals surface area contributed by atoms with E-state index in [1.807, 2.05) is 0 Å². The summed E-state index contributed by atoms with van der Waals surface area (Å²) in [5, 5.41) is 7.69. The highest BCUT2D eigenvalue weighted by atomic mass is 16.1. The Bertz CT molecular complexity index is 628. The Morgan fingerprint density at radius 2 is 1.70 bits per heavy atom. The van der Waals surface area contributed by atoms with Crippen molar-refractivity contribution in [2.45, 2.75) is 92.2 Å². The first kappa shape index (κ1) is 19.5. The zero-order valence-corrected chi connectivity index (χ0v) is 18.2. The fourth-order valence-corrected chi connectivity index (χ4v) is 7.24. The van der Waals surface area contributed by atoms with Crippen LogP contribution < -0.4 is 10.6 Å². The Balaban J connectivity index is 1.85. The fraction of sp³-hybridized carbons (Fsp3) is 0.875. The number of rotatable bonds is 2. The number of hydrogen-bond acceptors (Lipinski definition) is 3. The Hall–Kier alpha value is -0.830. The SMILES string of the molecule is CC(C)C1CCNC2NC3=C(C(=O)CC(C)(C)C3)[C@@](C)(C3CCCCC3)C21. The molecule has 3 nitrogen and oxygen atoms in total. The monoisotopic (exact) mass is 372 g/mol. The van der Waals surface area contributed by atoms with Gasteiger partial charge in [0.15, 0.2) is 5.78 Å². The lowest BCUT2D eigenvalue weighted by atomic mass is 9.50. The number of carbonyl (C=O) groups excluding carboxylic acids is 1. The van der Waals surface area contributed by atoms with Gasteiger partial charge in [-0.3, -0.25) is 10.1 Å². The molecule has 3 heteroatoms. The van der Waals surface area contributed by atoms with Gasteiger partial charge >= 0.3 is 0 Å². The summed E-state index contributed by atoms with van der Waals surface area (Å²) in [6, 6.07) is 0. The van der Waals surface area contributed by atoms with Crippen molar-refractivity contribution in [2.24, 2.45) is 34.5 Å². The highest BCUT2D eigenvalue weighted by molar-refractivity contribution is 5.99. The molecule has 0 spiro atoms. The minimum atomic E-state index is 0.0294. The van der Waals surface area contributed by atoms with E-state index >= 15 is 0 Å². The number of carbonyl (C=O) groups is 1. The number of hydrogen-bond donors (Lipinski definition) is 2. The van der Waals surface area contributed by atoms with E-state index in [4.69, 9.17) is 0 Å². The van der Waals surface area contributed by atoms with E-state index in [0.29, 0.717) is 42.0 Å². The van der Waals surface area contributed by atoms with Gasteiger partial charge in [0.2, 0.25) is 0 Å². The Morgan fingerprint density at radius 3 is 2.37 bits per heavy atom. The summed E-state index contributed by atoms with van der Waals surface area (Å²) < 4.78 is 0. The van der Waals surface area contributed by atoms with Crippen LogP contribution in [0.15, 0.2) is 11.3 Å². The van der Waals surface area contributed by atoms with Gasteiger partial charge in [-0.1, -0.05) is 53.9 Å². The molecule has 27 heavy (non-hydrogen) atoms. The number of fused-ring (bicyclic) bond motifs is 1. The second kappa shape index (κ2) is 6.90. The highest BCUT2D eigenvalue weighted by Gasteiger charge is 2.58. The summed E-state index contributed by atoms with van der Waals surface area (Å²) >= 11 is 0. The second-order valence-electron chi connectivity index (χ2n) is 11.2. The Labute approximate surface area is 166 Å². The largest absolute Gasteiger partial charge is 0.373 e. The van der Waals surface area contributed by atoms with E-state index in [0.717, 1.165) is 13.0 Å². The van der Waals surface area contributed by atoms with Crippen molar-refractivity contribution in [3.8, 4) is 0 Å². The topological polar surface area (TPSA) is 41.1 Å². The molecule has 2 heterocycles. The van der Waals surface area contributed by atoms with Crippen molar-refractivity contribution in [1.82, 2.24) is 10.6 Å². The summed E-state index contributed by atoms with van der Waals surface area (Å²) in [5.41, 5.74) is 2.60. The molecule has 152 valence electrons. The van der Waals surface area contributed by atoms with Crippen molar-refractivity contribution in [3.63, 3.8) is 0 Å². The van der Waals surface area contributed by atoms with Crippen molar-refractivity contribution >= 4 is 5.78 Å². The molecule has 0 amide bonds. The van der Waals surface area contributed by atoms with Crippen LogP contribution >= 0.6 is 0 Å². The predicted octanol–water partition coefficient (Wildman–Crippen LogP) is 5.03. The first-order chi connectivity index (χ1) is 12.7. The van der Waals surface area contributed by atoms with Gasteiger partial charge in [0, 0.05) is 29.0 Å². The molecular formula is C24H40N2O. The zero-order valence-electron chi connectivity index (χ0n) is 18.2. The third kappa shape index (κ3) is 3.18. The molecule has 0 aromatic rings. The smallest absolute Gasteiger partial charge is 0.161 e. The number of Topliss-reactive ketones (excluding diaryl/α,β-unsaturated/α-hetero) is 1. The third-order valence-corrected chi connectivity index (χ3v) is 8.41. The van der Waals surface area contributed by atoms with Crippen LogP contribution in [-0.4, -0.2) is 18.5 Å². The maximum Gasteiger partial charge on any atom is 0.161 e. The second-order valence-corrected chi connectivity index (χ2v) is 11.2. The van der Waals surface area contributed by atoms with Gasteiger partial charge in [0.05, 0.1) is 6.17 Å². The first-order valence-electron chi connectivity index (χ1n) is 11.5. The van der Waals surface area contributed by atoms with Crippen LogP contribution in [0.5, 0.6) is 0 Å². The number of ketones is 1. The molecule has 0 radical (unpaired) electrons. The van der Waals surface area contributed by atoms with Crippen molar-refractivity contribution in [1.29, 1.82) is 0 Å². The molecule has 2 aliphatic carbocycles. The van der Waals surface area contributed by atoms with Crippen LogP contribution in [0.2, 0.25) is 0 Å². The molecule has 2 aliphatic heterocycles. The van der Waals surface area contributed by atoms with Gasteiger partial charge in [-0.25, -0.2) is 0 Å². The van der Waals surface area contributed by atoms with Crippen molar-refractivity contribution in [2.75, 3.05) is 6.54 Å². The third-order valence-electron chi connectivity index (χ3n) is 8.41. The van der Waals surface area contributed by atoms with Crippen LogP contribution in [-0.2, 0) is 4.79 Å². The van der Waals surface area contributed by atoms with Crippen LogP contribution in [0.25, 0.3) is 0 Å². The average Bonchev–Trinajstić information content (AvgIpc) is 2.60. The van der Waals surface area contributed by atoms with E-state index in [2.05, 4.69) is 45.3 Å². The summed E-state index contributed by atoms with van der Waals surface area (Å²) in [4.78, 5) is 13.5. The van der Waals surface area contributed by atoms with Gasteiger partial charge in [0.1, 0.15) is 0 Å². The highest BCUT2D eigenvalue weighted by Crippen LogP contribution is 2.59. The van der Waals surface area contributed by atoms with Crippen molar-refractivity contribution in [3.05, 3.63) is 11.3 Å². The molecule has 0 aromatic carbocycles. The summed E-state index contributed by atoms with van der Waals surface area (Å²) in [6.07, 6.45) is 9.97. The molecule has 0 bridgehead atoms. The normalized spacial score (nSPS) is 39.8. The molecule has 4 aliphatic rings. The van der Waals surface area contributed by atoms with Crippen LogP contribution in [0, 0.1) is 34.5 Å². The number of allylic oxidation sites excluding steroid dienone is 2. The van der Waals surface area contributed by atoms with Gasteiger partial charge in [-0.05, 0) is 55.4 Å². The van der Waals surface area contributed by atoms with Gasteiger partial charge in [-0.15, -0.1) is 0 Å². The lowest BCUT2D eigenvalue weighted by Crippen LogP contribution is -2.66. The van der Waals surface area contributed by atoms with Gasteiger partial charge < -0.3 is 5.32 Å². The van der Waals surface area contributed by atoms with Crippen LogP contribution in [0.4, 0.5) is 0 Å². The number of nitrogens with one attached hydrogen (secondary N) is 2. The summed E-state index contributed by atoms with van der Waals surface area (Å²) in [5.74, 6) is 2.98. The average molecular weight is 373 g/mol. The zero-order chi connectivity index (χ0) is 19.4. The molecule has 4 rings (SSSR count). The van der Waals surface area contributed by atoms with E-state index in [9.17, 15) is 4.79 Å². The maximum absolute atomic E-state index is 13.5. The number of piperidine rings is 1.